The maximum Gasteiger partial charge on any atom is 0.230 e. The average Bonchev–Trinajstić information content (AvgIpc) is 2.65. The Morgan fingerprint density at radius 3 is 2.42 bits per heavy atom. The summed E-state index contributed by atoms with van der Waals surface area (Å²) < 4.78 is 5.83. The van der Waals surface area contributed by atoms with E-state index in [0.717, 1.165) is 18.6 Å². The lowest BCUT2D eigenvalue weighted by Gasteiger charge is -2.30. The summed E-state index contributed by atoms with van der Waals surface area (Å²) in [6, 6.07) is 4.73. The molecule has 1 saturated carbocycles. The van der Waals surface area contributed by atoms with E-state index in [2.05, 4.69) is 17.1 Å². The first-order chi connectivity index (χ1) is 9.08. The van der Waals surface area contributed by atoms with Crippen LogP contribution in [-0.4, -0.2) is 23.3 Å². The van der Waals surface area contributed by atoms with Crippen molar-refractivity contribution in [1.82, 2.24) is 0 Å². The lowest BCUT2D eigenvalue weighted by atomic mass is 9.85. The van der Waals surface area contributed by atoms with Crippen molar-refractivity contribution >= 4 is 17.6 Å². The average molecular weight is 276 g/mol. The van der Waals surface area contributed by atoms with Crippen molar-refractivity contribution < 1.29 is 4.74 Å². The van der Waals surface area contributed by atoms with Crippen LogP contribution in [-0.2, 0) is 4.74 Å². The molecule has 5 nitrogen and oxygen atoms in total. The van der Waals surface area contributed by atoms with Gasteiger partial charge in [-0.1, -0.05) is 25.6 Å². The number of amidine groups is 1. The van der Waals surface area contributed by atoms with E-state index in [-0.39, 0.29) is 5.84 Å². The van der Waals surface area contributed by atoms with Gasteiger partial charge in [0, 0.05) is 11.2 Å². The number of hydrogen-bond donors (Lipinski definition) is 1. The first-order valence-corrected chi connectivity index (χ1v) is 7.53. The minimum atomic E-state index is -0.977. The van der Waals surface area contributed by atoms with Crippen molar-refractivity contribution in [3.63, 3.8) is 0 Å². The molecule has 3 rings (SSSR count). The molecule has 3 atom stereocenters. The normalized spacial score (nSPS) is 45.4. The predicted octanol–water partition coefficient (Wildman–Crippen LogP) is 1.61. The third-order valence-corrected chi connectivity index (χ3v) is 6.56. The van der Waals surface area contributed by atoms with Crippen molar-refractivity contribution in [3.8, 4) is 12.1 Å². The monoisotopic (exact) mass is 276 g/mol. The first-order valence-electron chi connectivity index (χ1n) is 6.54. The molecule has 0 bridgehead atoms. The van der Waals surface area contributed by atoms with Crippen molar-refractivity contribution in [1.29, 1.82) is 10.5 Å². The lowest BCUT2D eigenvalue weighted by Crippen LogP contribution is -2.37. The molecule has 2 aliphatic heterocycles. The molecule has 19 heavy (non-hydrogen) atoms. The summed E-state index contributed by atoms with van der Waals surface area (Å²) in [5.74, 6) is 1.07. The molecule has 0 amide bonds. The standard InChI is InChI=1S/C13H16N4OS/c1-3-10(4-2)11(7-14)9(16)17-13(12(10,11)8-15)18-5-6-19-13/h3-6H2,1-2H3,(H2,16,17)/t11-,12+,13-/m1/s1. The van der Waals surface area contributed by atoms with Crippen molar-refractivity contribution in [2.45, 2.75) is 31.7 Å². The van der Waals surface area contributed by atoms with Crippen molar-refractivity contribution in [2.24, 2.45) is 27.0 Å². The first kappa shape index (κ1) is 12.8. The largest absolute Gasteiger partial charge is 0.386 e. The number of nitrogens with zero attached hydrogens (tertiary/aromatic N) is 3. The highest BCUT2D eigenvalue weighted by molar-refractivity contribution is 8.00. The number of fused-ring (bicyclic) bond motifs is 2. The maximum atomic E-state index is 9.88. The summed E-state index contributed by atoms with van der Waals surface area (Å²) >= 11 is 1.51. The van der Waals surface area contributed by atoms with Gasteiger partial charge in [-0.2, -0.15) is 10.5 Å². The minimum absolute atomic E-state index is 0.287. The van der Waals surface area contributed by atoms with Gasteiger partial charge in [0.05, 0.1) is 18.7 Å². The number of thioether (sulfide) groups is 1. The third kappa shape index (κ3) is 0.871. The number of ether oxygens (including phenoxy) is 1. The topological polar surface area (TPSA) is 95.2 Å². The van der Waals surface area contributed by atoms with Gasteiger partial charge in [0.1, 0.15) is 11.3 Å². The molecule has 2 N–H and O–H groups in total. The Morgan fingerprint density at radius 1 is 1.37 bits per heavy atom. The van der Waals surface area contributed by atoms with Gasteiger partial charge in [-0.25, -0.2) is 4.99 Å². The van der Waals surface area contributed by atoms with E-state index in [4.69, 9.17) is 10.5 Å². The second-order valence-corrected chi connectivity index (χ2v) is 6.54. The number of rotatable bonds is 2. The Balaban J connectivity index is 2.29. The number of nitriles is 2. The van der Waals surface area contributed by atoms with Gasteiger partial charge >= 0.3 is 0 Å². The zero-order chi connectivity index (χ0) is 13.9. The number of hydrogen-bond acceptors (Lipinski definition) is 6. The molecule has 1 aliphatic carbocycles. The maximum absolute atomic E-state index is 9.88. The summed E-state index contributed by atoms with van der Waals surface area (Å²) in [7, 11) is 0. The van der Waals surface area contributed by atoms with E-state index in [0.29, 0.717) is 6.61 Å². The predicted molar refractivity (Wildman–Crippen MR) is 71.9 cm³/mol. The van der Waals surface area contributed by atoms with Gasteiger partial charge in [0.2, 0.25) is 5.06 Å². The lowest BCUT2D eigenvalue weighted by molar-refractivity contribution is 0.00639. The van der Waals surface area contributed by atoms with E-state index in [1.165, 1.54) is 11.8 Å². The fraction of sp³-hybridized carbons (Fsp3) is 0.769. The van der Waals surface area contributed by atoms with E-state index in [1.807, 2.05) is 13.8 Å². The smallest absolute Gasteiger partial charge is 0.230 e. The Bertz CT molecular complexity index is 550. The van der Waals surface area contributed by atoms with Crippen molar-refractivity contribution in [3.05, 3.63) is 0 Å². The summed E-state index contributed by atoms with van der Waals surface area (Å²) in [5.41, 5.74) is 3.74. The van der Waals surface area contributed by atoms with Gasteiger partial charge in [-0.05, 0) is 12.8 Å². The minimum Gasteiger partial charge on any atom is -0.386 e. The fourth-order valence-corrected chi connectivity index (χ4v) is 5.88. The molecule has 1 saturated heterocycles. The van der Waals surface area contributed by atoms with E-state index >= 15 is 0 Å². The highest BCUT2D eigenvalue weighted by Crippen LogP contribution is 2.89. The third-order valence-electron chi connectivity index (χ3n) is 5.28. The van der Waals surface area contributed by atoms with E-state index < -0.39 is 21.3 Å². The van der Waals surface area contributed by atoms with Crippen LogP contribution in [0.3, 0.4) is 0 Å². The van der Waals surface area contributed by atoms with E-state index in [9.17, 15) is 10.5 Å². The molecule has 0 aromatic heterocycles. The zero-order valence-corrected chi connectivity index (χ0v) is 11.9. The second kappa shape index (κ2) is 3.45. The van der Waals surface area contributed by atoms with Gasteiger partial charge in [-0.15, -0.1) is 0 Å². The molecule has 2 heterocycles. The van der Waals surface area contributed by atoms with Crippen LogP contribution in [0.25, 0.3) is 0 Å². The zero-order valence-electron chi connectivity index (χ0n) is 11.1. The molecule has 0 unspecified atom stereocenters. The molecule has 0 aromatic carbocycles. The summed E-state index contributed by atoms with van der Waals surface area (Å²) in [5, 5.41) is 18.7. The van der Waals surface area contributed by atoms with Crippen LogP contribution in [0.15, 0.2) is 4.99 Å². The van der Waals surface area contributed by atoms with Gasteiger partial charge in [0.25, 0.3) is 0 Å². The second-order valence-electron chi connectivity index (χ2n) is 5.29. The molecule has 0 aromatic rings. The van der Waals surface area contributed by atoms with E-state index in [1.54, 1.807) is 0 Å². The summed E-state index contributed by atoms with van der Waals surface area (Å²) in [4.78, 5) is 4.42. The van der Waals surface area contributed by atoms with Crippen LogP contribution in [0.1, 0.15) is 26.7 Å². The Kier molecular flexibility index (Phi) is 2.32. The molecule has 2 fully saturated rings. The van der Waals surface area contributed by atoms with Crippen LogP contribution in [0, 0.1) is 38.9 Å². The van der Waals surface area contributed by atoms with Gasteiger partial charge in [0.15, 0.2) is 5.41 Å². The summed E-state index contributed by atoms with van der Waals surface area (Å²) in [6.45, 7) is 4.58. The van der Waals surface area contributed by atoms with Crippen LogP contribution >= 0.6 is 11.8 Å². The number of aliphatic imine (C=N–C) groups is 1. The number of nitrogens with two attached hydrogens (primary N) is 1. The summed E-state index contributed by atoms with van der Waals surface area (Å²) in [6.07, 6.45) is 1.46. The molecule has 3 aliphatic rings. The Morgan fingerprint density at radius 2 is 2.05 bits per heavy atom. The Labute approximate surface area is 116 Å². The van der Waals surface area contributed by atoms with Crippen LogP contribution in [0.2, 0.25) is 0 Å². The molecule has 6 heteroatoms. The highest BCUT2D eigenvalue weighted by Gasteiger charge is 2.99. The highest BCUT2D eigenvalue weighted by atomic mass is 32.2. The molecular weight excluding hydrogens is 260 g/mol. The quantitative estimate of drug-likeness (QED) is 0.826. The molecule has 0 radical (unpaired) electrons. The molecule has 100 valence electrons. The van der Waals surface area contributed by atoms with Gasteiger partial charge < -0.3 is 10.5 Å². The van der Waals surface area contributed by atoms with Gasteiger partial charge in [-0.3, -0.25) is 0 Å². The Hall–Kier alpha value is -1.24. The SMILES string of the molecule is CCC1(CC)[C@]2(C#N)[C@@]3(N=C(N)[C@]12C#N)OCCS3. The van der Waals surface area contributed by atoms with Crippen molar-refractivity contribution in [2.75, 3.05) is 12.4 Å². The van der Waals surface area contributed by atoms with Crippen LogP contribution in [0.5, 0.6) is 0 Å². The molecule has 1 spiro atoms. The fourth-order valence-electron chi connectivity index (χ4n) is 4.50. The van der Waals surface area contributed by atoms with Crippen LogP contribution in [0.4, 0.5) is 0 Å². The van der Waals surface area contributed by atoms with Crippen LogP contribution < -0.4 is 5.73 Å². The molecular formula is C13H16N4OS.